The number of aliphatic hydroxyl groups is 1. The molecular weight excluding hydrogens is 474 g/mol. The summed E-state index contributed by atoms with van der Waals surface area (Å²) >= 11 is 0. The average Bonchev–Trinajstić information content (AvgIpc) is 2.86. The number of aromatic nitrogens is 1. The van der Waals surface area contributed by atoms with Gasteiger partial charge in [0.2, 0.25) is 10.0 Å². The van der Waals surface area contributed by atoms with Crippen LogP contribution in [0.3, 0.4) is 0 Å². The number of hydrogen-bond donors (Lipinski definition) is 1. The van der Waals surface area contributed by atoms with E-state index < -0.39 is 16.1 Å². The van der Waals surface area contributed by atoms with E-state index in [1.807, 2.05) is 69.4 Å². The molecule has 0 radical (unpaired) electrons. The zero-order valence-electron chi connectivity index (χ0n) is 21.3. The van der Waals surface area contributed by atoms with Crippen molar-refractivity contribution in [3.63, 3.8) is 0 Å². The standard InChI is InChI=1S/C28H35N3O4S/c1-20-7-5-6-8-25(20)24-9-10-28-26(15-24)35-27(18-30(4)17-23-11-13-29-14-12-23)21(2)16-31(22(3)19-32)36(28,33)34/h5-15,21-22,27,32H,16-19H2,1-4H3/t21-,22?,27+/m0/s1. The van der Waals surface area contributed by atoms with Crippen LogP contribution in [0.25, 0.3) is 11.1 Å². The lowest BCUT2D eigenvalue weighted by atomic mass is 10.00. The van der Waals surface area contributed by atoms with Crippen molar-refractivity contribution in [1.82, 2.24) is 14.2 Å². The Morgan fingerprint density at radius 3 is 2.58 bits per heavy atom. The summed E-state index contributed by atoms with van der Waals surface area (Å²) in [6, 6.07) is 16.7. The van der Waals surface area contributed by atoms with Gasteiger partial charge in [-0.1, -0.05) is 37.3 Å². The van der Waals surface area contributed by atoms with Gasteiger partial charge in [-0.3, -0.25) is 9.88 Å². The van der Waals surface area contributed by atoms with Gasteiger partial charge in [0.1, 0.15) is 16.7 Å². The number of hydrogen-bond acceptors (Lipinski definition) is 6. The normalized spacial score (nSPS) is 20.7. The highest BCUT2D eigenvalue weighted by Crippen LogP contribution is 2.37. The lowest BCUT2D eigenvalue weighted by molar-refractivity contribution is 0.0734. The molecule has 0 amide bonds. The quantitative estimate of drug-likeness (QED) is 0.519. The molecule has 1 unspecified atom stereocenters. The maximum absolute atomic E-state index is 13.7. The topological polar surface area (TPSA) is 83.0 Å². The van der Waals surface area contributed by atoms with Crippen LogP contribution in [0, 0.1) is 12.8 Å². The van der Waals surface area contributed by atoms with E-state index >= 15 is 0 Å². The van der Waals surface area contributed by atoms with Crippen molar-refractivity contribution >= 4 is 10.0 Å². The van der Waals surface area contributed by atoms with Gasteiger partial charge in [0.15, 0.2) is 0 Å². The largest absolute Gasteiger partial charge is 0.487 e. The second-order valence-corrected chi connectivity index (χ2v) is 11.6. The Kier molecular flexibility index (Phi) is 8.10. The first kappa shape index (κ1) is 26.3. The van der Waals surface area contributed by atoms with Crippen LogP contribution < -0.4 is 4.74 Å². The number of nitrogens with zero attached hydrogens (tertiary/aromatic N) is 3. The molecule has 1 N–H and O–H groups in total. The molecule has 0 bridgehead atoms. The van der Waals surface area contributed by atoms with Crippen LogP contribution in [0.2, 0.25) is 0 Å². The fourth-order valence-corrected chi connectivity index (χ4v) is 6.51. The van der Waals surface area contributed by atoms with Gasteiger partial charge in [0, 0.05) is 44.0 Å². The highest BCUT2D eigenvalue weighted by Gasteiger charge is 2.38. The number of aryl methyl sites for hydroxylation is 1. The minimum atomic E-state index is -3.87. The second kappa shape index (κ2) is 11.1. The number of aliphatic hydroxyl groups excluding tert-OH is 1. The summed E-state index contributed by atoms with van der Waals surface area (Å²) in [4.78, 5) is 6.40. The second-order valence-electron chi connectivity index (χ2n) is 9.77. The van der Waals surface area contributed by atoms with Crippen molar-refractivity contribution in [3.05, 3.63) is 78.1 Å². The molecule has 2 aromatic carbocycles. The maximum Gasteiger partial charge on any atom is 0.247 e. The Bertz CT molecular complexity index is 1280. The molecule has 1 aliphatic rings. The van der Waals surface area contributed by atoms with Gasteiger partial charge in [0.25, 0.3) is 0 Å². The molecule has 3 atom stereocenters. The predicted molar refractivity (Wildman–Crippen MR) is 141 cm³/mol. The van der Waals surface area contributed by atoms with Crippen LogP contribution in [0.15, 0.2) is 71.9 Å². The maximum atomic E-state index is 13.7. The molecule has 1 aliphatic heterocycles. The minimum absolute atomic E-state index is 0.107. The average molecular weight is 510 g/mol. The summed E-state index contributed by atoms with van der Waals surface area (Å²) in [5, 5.41) is 9.86. The van der Waals surface area contributed by atoms with Crippen LogP contribution in [0.1, 0.15) is 25.0 Å². The molecule has 8 heteroatoms. The number of ether oxygens (including phenoxy) is 1. The SMILES string of the molecule is Cc1ccccc1-c1ccc2c(c1)O[C@H](CN(C)Cc1ccncc1)[C@@H](C)CN(C(C)CO)S2(=O)=O. The molecule has 3 aromatic rings. The summed E-state index contributed by atoms with van der Waals surface area (Å²) in [6.45, 7) is 7.12. The van der Waals surface area contributed by atoms with Crippen LogP contribution >= 0.6 is 0 Å². The lowest BCUT2D eigenvalue weighted by Gasteiger charge is -2.37. The van der Waals surface area contributed by atoms with E-state index in [4.69, 9.17) is 4.74 Å². The van der Waals surface area contributed by atoms with Crippen molar-refractivity contribution in [2.24, 2.45) is 5.92 Å². The first-order valence-electron chi connectivity index (χ1n) is 12.3. The van der Waals surface area contributed by atoms with E-state index in [-0.39, 0.29) is 30.1 Å². The minimum Gasteiger partial charge on any atom is -0.487 e. The molecule has 0 saturated carbocycles. The number of rotatable bonds is 7. The summed E-state index contributed by atoms with van der Waals surface area (Å²) in [5.41, 5.74) is 4.18. The van der Waals surface area contributed by atoms with E-state index in [0.29, 0.717) is 12.3 Å². The Balaban J connectivity index is 1.74. The molecule has 0 spiro atoms. The van der Waals surface area contributed by atoms with Crippen molar-refractivity contribution in [2.45, 2.75) is 44.4 Å². The lowest BCUT2D eigenvalue weighted by Crippen LogP contribution is -2.49. The van der Waals surface area contributed by atoms with Gasteiger partial charge in [-0.2, -0.15) is 4.31 Å². The van der Waals surface area contributed by atoms with Crippen molar-refractivity contribution in [1.29, 1.82) is 0 Å². The van der Waals surface area contributed by atoms with E-state index in [1.165, 1.54) is 4.31 Å². The molecule has 0 aliphatic carbocycles. The van der Waals surface area contributed by atoms with Crippen LogP contribution in [-0.2, 0) is 16.6 Å². The zero-order valence-corrected chi connectivity index (χ0v) is 22.1. The molecule has 1 aromatic heterocycles. The number of likely N-dealkylation sites (N-methyl/N-ethyl adjacent to an activating group) is 1. The van der Waals surface area contributed by atoms with Gasteiger partial charge in [-0.15, -0.1) is 0 Å². The van der Waals surface area contributed by atoms with Crippen LogP contribution in [0.4, 0.5) is 0 Å². The number of fused-ring (bicyclic) bond motifs is 1. The first-order chi connectivity index (χ1) is 17.2. The van der Waals surface area contributed by atoms with Gasteiger partial charge in [-0.05, 0) is 67.4 Å². The van der Waals surface area contributed by atoms with E-state index in [1.54, 1.807) is 25.4 Å². The molecule has 4 rings (SSSR count). The van der Waals surface area contributed by atoms with Crippen molar-refractivity contribution < 1.29 is 18.3 Å². The zero-order chi connectivity index (χ0) is 25.9. The first-order valence-corrected chi connectivity index (χ1v) is 13.7. The predicted octanol–water partition coefficient (Wildman–Crippen LogP) is 3.96. The van der Waals surface area contributed by atoms with Crippen molar-refractivity contribution in [2.75, 3.05) is 26.7 Å². The fourth-order valence-electron chi connectivity index (χ4n) is 4.68. The third-order valence-corrected chi connectivity index (χ3v) is 8.84. The molecule has 2 heterocycles. The molecule has 0 saturated heterocycles. The Hall–Kier alpha value is -2.78. The summed E-state index contributed by atoms with van der Waals surface area (Å²) in [7, 11) is -1.84. The summed E-state index contributed by atoms with van der Waals surface area (Å²) < 4.78 is 35.4. The molecule has 0 fully saturated rings. The highest BCUT2D eigenvalue weighted by atomic mass is 32.2. The van der Waals surface area contributed by atoms with Gasteiger partial charge >= 0.3 is 0 Å². The Morgan fingerprint density at radius 1 is 1.17 bits per heavy atom. The van der Waals surface area contributed by atoms with Gasteiger partial charge in [-0.25, -0.2) is 8.42 Å². The Labute approximate surface area is 214 Å². The van der Waals surface area contributed by atoms with E-state index in [2.05, 4.69) is 9.88 Å². The highest BCUT2D eigenvalue weighted by molar-refractivity contribution is 7.89. The molecular formula is C28H35N3O4S. The summed E-state index contributed by atoms with van der Waals surface area (Å²) in [5.74, 6) is 0.240. The number of benzene rings is 2. The van der Waals surface area contributed by atoms with Crippen molar-refractivity contribution in [3.8, 4) is 16.9 Å². The third kappa shape index (κ3) is 5.62. The van der Waals surface area contributed by atoms with Crippen LogP contribution in [-0.4, -0.2) is 66.6 Å². The van der Waals surface area contributed by atoms with E-state index in [0.717, 1.165) is 28.8 Å². The smallest absolute Gasteiger partial charge is 0.247 e. The third-order valence-electron chi connectivity index (χ3n) is 6.82. The van der Waals surface area contributed by atoms with Gasteiger partial charge in [0.05, 0.1) is 6.61 Å². The summed E-state index contributed by atoms with van der Waals surface area (Å²) in [6.07, 6.45) is 3.30. The molecule has 192 valence electrons. The van der Waals surface area contributed by atoms with E-state index in [9.17, 15) is 13.5 Å². The van der Waals surface area contributed by atoms with Gasteiger partial charge < -0.3 is 9.84 Å². The Morgan fingerprint density at radius 2 is 1.89 bits per heavy atom. The number of pyridine rings is 1. The molecule has 7 nitrogen and oxygen atoms in total. The monoisotopic (exact) mass is 509 g/mol. The van der Waals surface area contributed by atoms with Crippen LogP contribution in [0.5, 0.6) is 5.75 Å². The molecule has 36 heavy (non-hydrogen) atoms. The fraction of sp³-hybridized carbons (Fsp3) is 0.393. The number of sulfonamides is 1.